The predicted molar refractivity (Wildman–Crippen MR) is 210 cm³/mol. The molecule has 0 fully saturated rings. The smallest absolute Gasteiger partial charge is 0.182 e. The van der Waals surface area contributed by atoms with Gasteiger partial charge in [0.2, 0.25) is 0 Å². The summed E-state index contributed by atoms with van der Waals surface area (Å²) in [7, 11) is 0. The van der Waals surface area contributed by atoms with E-state index in [4.69, 9.17) is 20.1 Å². The highest BCUT2D eigenvalue weighted by atomic mass is 15.3. The minimum Gasteiger partial charge on any atom is -0.277 e. The van der Waals surface area contributed by atoms with Crippen LogP contribution >= 0.6 is 0 Å². The van der Waals surface area contributed by atoms with E-state index in [2.05, 4.69) is 150 Å². The van der Waals surface area contributed by atoms with Gasteiger partial charge < -0.3 is 0 Å². The minimum absolute atomic E-state index is 0.666. The van der Waals surface area contributed by atoms with Crippen LogP contribution in [0.25, 0.3) is 89.7 Å². The van der Waals surface area contributed by atoms with Crippen molar-refractivity contribution in [3.8, 4) is 67.7 Å². The van der Waals surface area contributed by atoms with Crippen molar-refractivity contribution in [3.05, 3.63) is 182 Å². The maximum atomic E-state index is 5.20. The average molecular weight is 667 g/mol. The van der Waals surface area contributed by atoms with Crippen molar-refractivity contribution in [2.24, 2.45) is 0 Å². The molecule has 0 saturated heterocycles. The van der Waals surface area contributed by atoms with Gasteiger partial charge >= 0.3 is 0 Å². The highest BCUT2D eigenvalue weighted by Crippen LogP contribution is 2.38. The van der Waals surface area contributed by atoms with Gasteiger partial charge in [0.25, 0.3) is 0 Å². The topological polar surface area (TPSA) is 60.4 Å². The van der Waals surface area contributed by atoms with Gasteiger partial charge in [0.15, 0.2) is 17.3 Å². The van der Waals surface area contributed by atoms with E-state index in [1.54, 1.807) is 0 Å². The summed E-state index contributed by atoms with van der Waals surface area (Å²) in [5, 5.41) is 7.20. The first-order chi connectivity index (χ1) is 25.8. The molecule has 52 heavy (non-hydrogen) atoms. The van der Waals surface area contributed by atoms with Crippen molar-refractivity contribution >= 4 is 22.1 Å². The van der Waals surface area contributed by atoms with Gasteiger partial charge in [0, 0.05) is 44.8 Å². The number of rotatable bonds is 6. The summed E-state index contributed by atoms with van der Waals surface area (Å²) in [6.07, 6.45) is 2.07. The fourth-order valence-electron chi connectivity index (χ4n) is 7.11. The molecule has 0 unspecified atom stereocenters. The SMILES string of the molecule is c1ccc(-c2cc(-c3ccccc3)c3nc(-c4ccc(-c5c6ccccc6c6nc(-c7ccccc7)nc(-c7ccccc7)n56)cc4)nn3c2)cc1. The summed E-state index contributed by atoms with van der Waals surface area (Å²) < 4.78 is 4.12. The van der Waals surface area contributed by atoms with E-state index < -0.39 is 0 Å². The first-order valence-electron chi connectivity index (χ1n) is 17.3. The van der Waals surface area contributed by atoms with Crippen molar-refractivity contribution in [2.45, 2.75) is 0 Å². The molecular weight excluding hydrogens is 637 g/mol. The number of hydrogen-bond donors (Lipinski definition) is 0. The molecule has 244 valence electrons. The Morgan fingerprint density at radius 1 is 0.365 bits per heavy atom. The van der Waals surface area contributed by atoms with Crippen LogP contribution in [0.4, 0.5) is 0 Å². The Kier molecular flexibility index (Phi) is 7.03. The van der Waals surface area contributed by atoms with E-state index in [9.17, 15) is 0 Å². The number of fused-ring (bicyclic) bond motifs is 4. The Balaban J connectivity index is 1.14. The van der Waals surface area contributed by atoms with E-state index in [0.29, 0.717) is 11.6 Å². The Morgan fingerprint density at radius 3 is 1.56 bits per heavy atom. The van der Waals surface area contributed by atoms with Gasteiger partial charge in [-0.3, -0.25) is 4.40 Å². The first-order valence-corrected chi connectivity index (χ1v) is 17.3. The van der Waals surface area contributed by atoms with Crippen LogP contribution in [0.3, 0.4) is 0 Å². The Hall–Kier alpha value is -7.18. The number of hydrogen-bond acceptors (Lipinski definition) is 4. The summed E-state index contributed by atoms with van der Waals surface area (Å²) in [5.41, 5.74) is 11.0. The summed E-state index contributed by atoms with van der Waals surface area (Å²) in [6, 6.07) is 60.5. The molecule has 10 aromatic rings. The quantitative estimate of drug-likeness (QED) is 0.177. The van der Waals surface area contributed by atoms with Crippen LogP contribution in [0.5, 0.6) is 0 Å². The van der Waals surface area contributed by atoms with Crippen LogP contribution in [-0.2, 0) is 0 Å². The zero-order valence-corrected chi connectivity index (χ0v) is 28.0. The summed E-state index contributed by atoms with van der Waals surface area (Å²) >= 11 is 0. The van der Waals surface area contributed by atoms with Crippen LogP contribution < -0.4 is 0 Å². The molecule has 10 rings (SSSR count). The number of aromatic nitrogens is 6. The van der Waals surface area contributed by atoms with Crippen LogP contribution in [0.15, 0.2) is 182 Å². The molecule has 0 atom stereocenters. The van der Waals surface area contributed by atoms with Gasteiger partial charge in [0.1, 0.15) is 11.5 Å². The second-order valence-electron chi connectivity index (χ2n) is 12.8. The maximum Gasteiger partial charge on any atom is 0.182 e. The Morgan fingerprint density at radius 2 is 0.885 bits per heavy atom. The van der Waals surface area contributed by atoms with Gasteiger partial charge in [-0.25, -0.2) is 19.5 Å². The van der Waals surface area contributed by atoms with Crippen LogP contribution in [0.2, 0.25) is 0 Å². The lowest BCUT2D eigenvalue weighted by Crippen LogP contribution is -2.03. The van der Waals surface area contributed by atoms with Gasteiger partial charge in [0.05, 0.1) is 5.69 Å². The normalized spacial score (nSPS) is 11.5. The molecule has 4 aromatic heterocycles. The Labute approximate surface area is 300 Å². The molecule has 0 aliphatic heterocycles. The zero-order chi connectivity index (χ0) is 34.4. The van der Waals surface area contributed by atoms with Crippen LogP contribution in [-0.4, -0.2) is 29.0 Å². The molecule has 0 aliphatic rings. The number of pyridine rings is 1. The molecule has 6 heteroatoms. The van der Waals surface area contributed by atoms with Crippen LogP contribution in [0.1, 0.15) is 0 Å². The third-order valence-electron chi connectivity index (χ3n) is 9.60. The van der Waals surface area contributed by atoms with E-state index in [-0.39, 0.29) is 0 Å². The predicted octanol–water partition coefficient (Wildman–Crippen LogP) is 10.9. The van der Waals surface area contributed by atoms with Crippen molar-refractivity contribution in [3.63, 3.8) is 0 Å². The standard InChI is InChI=1S/C46H30N6/c1-5-15-31(16-6-1)37-29-40(32-17-7-2-8-18-32)45-49-43(50-51(45)30-37)35-27-25-33(26-28-35)41-38-23-13-14-24-39(38)46-48-42(34-19-9-3-10-20-34)47-44(52(41)46)36-21-11-4-12-22-36/h1-30H. The van der Waals surface area contributed by atoms with E-state index in [1.807, 2.05) is 40.9 Å². The highest BCUT2D eigenvalue weighted by molar-refractivity contribution is 6.06. The molecular formula is C46H30N6. The molecule has 0 amide bonds. The second kappa shape index (κ2) is 12.3. The number of nitrogens with zero attached hydrogens (tertiary/aromatic N) is 6. The first kappa shape index (κ1) is 29.7. The molecule has 4 heterocycles. The molecule has 0 N–H and O–H groups in total. The average Bonchev–Trinajstić information content (AvgIpc) is 3.81. The molecule has 0 aliphatic carbocycles. The fourth-order valence-corrected chi connectivity index (χ4v) is 7.11. The van der Waals surface area contributed by atoms with E-state index in [1.165, 1.54) is 0 Å². The van der Waals surface area contributed by atoms with Crippen molar-refractivity contribution in [1.29, 1.82) is 0 Å². The fraction of sp³-hybridized carbons (Fsp3) is 0. The van der Waals surface area contributed by atoms with Gasteiger partial charge in [-0.05, 0) is 22.8 Å². The molecule has 0 bridgehead atoms. The van der Waals surface area contributed by atoms with Crippen molar-refractivity contribution in [1.82, 2.24) is 29.0 Å². The van der Waals surface area contributed by atoms with Gasteiger partial charge in [-0.15, -0.1) is 5.10 Å². The third kappa shape index (κ3) is 5.05. The monoisotopic (exact) mass is 666 g/mol. The molecule has 0 radical (unpaired) electrons. The Bertz CT molecular complexity index is 2860. The lowest BCUT2D eigenvalue weighted by atomic mass is 10.0. The van der Waals surface area contributed by atoms with E-state index in [0.717, 1.165) is 78.1 Å². The lowest BCUT2D eigenvalue weighted by Gasteiger charge is -2.12. The summed E-state index contributed by atoms with van der Waals surface area (Å²) in [6.45, 7) is 0. The largest absolute Gasteiger partial charge is 0.277 e. The zero-order valence-electron chi connectivity index (χ0n) is 28.0. The lowest BCUT2D eigenvalue weighted by molar-refractivity contribution is 0.968. The van der Waals surface area contributed by atoms with Gasteiger partial charge in [-0.1, -0.05) is 170 Å². The van der Waals surface area contributed by atoms with Crippen LogP contribution in [0, 0.1) is 0 Å². The van der Waals surface area contributed by atoms with E-state index >= 15 is 0 Å². The minimum atomic E-state index is 0.666. The molecule has 0 spiro atoms. The third-order valence-corrected chi connectivity index (χ3v) is 9.60. The summed E-state index contributed by atoms with van der Waals surface area (Å²) in [4.78, 5) is 15.5. The van der Waals surface area contributed by atoms with Gasteiger partial charge in [-0.2, -0.15) is 0 Å². The second-order valence-corrected chi connectivity index (χ2v) is 12.8. The highest BCUT2D eigenvalue weighted by Gasteiger charge is 2.21. The summed E-state index contributed by atoms with van der Waals surface area (Å²) in [5.74, 6) is 2.20. The molecule has 6 nitrogen and oxygen atoms in total. The number of benzene rings is 6. The van der Waals surface area contributed by atoms with Crippen molar-refractivity contribution < 1.29 is 0 Å². The molecule has 0 saturated carbocycles. The van der Waals surface area contributed by atoms with Crippen molar-refractivity contribution in [2.75, 3.05) is 0 Å². The maximum absolute atomic E-state index is 5.20. The molecule has 6 aromatic carbocycles.